The molecule has 0 unspecified atom stereocenters. The standard InChI is InChI=1S/C21H28N2O4S/c1-25-9-10-26-16-7-5-15(6-8-16)23-21(24)14-11-17(12-14)27-18-3-2-4-19-20(18)22-13-28-19/h2-4,13-17H,5-12H2,1H3,(H,23,24)/t14-,15-,16-,17-. The molecule has 2 aliphatic rings. The first-order valence-corrected chi connectivity index (χ1v) is 11.0. The first kappa shape index (κ1) is 19.6. The van der Waals surface area contributed by atoms with Crippen molar-refractivity contribution >= 4 is 27.5 Å². The molecule has 2 aromatic rings. The molecular formula is C21H28N2O4S. The van der Waals surface area contributed by atoms with Crippen LogP contribution in [-0.4, -0.2) is 49.5 Å². The highest BCUT2D eigenvalue weighted by Gasteiger charge is 2.37. The summed E-state index contributed by atoms with van der Waals surface area (Å²) in [5, 5.41) is 3.23. The number of nitrogens with one attached hydrogen (secondary N) is 1. The quantitative estimate of drug-likeness (QED) is 0.682. The number of hydrogen-bond acceptors (Lipinski definition) is 6. The van der Waals surface area contributed by atoms with Crippen LogP contribution in [-0.2, 0) is 14.3 Å². The van der Waals surface area contributed by atoms with Crippen molar-refractivity contribution in [2.45, 2.75) is 56.8 Å². The Labute approximate surface area is 169 Å². The molecule has 6 nitrogen and oxygen atoms in total. The van der Waals surface area contributed by atoms with Crippen molar-refractivity contribution in [2.24, 2.45) is 5.92 Å². The molecule has 2 fully saturated rings. The normalized spacial score (nSPS) is 27.3. The second-order valence-electron chi connectivity index (χ2n) is 7.71. The Morgan fingerprint density at radius 2 is 2.00 bits per heavy atom. The van der Waals surface area contributed by atoms with Crippen LogP contribution in [0, 0.1) is 5.92 Å². The molecule has 152 valence electrons. The molecule has 1 aromatic carbocycles. The maximum absolute atomic E-state index is 12.5. The van der Waals surface area contributed by atoms with E-state index in [-0.39, 0.29) is 24.0 Å². The van der Waals surface area contributed by atoms with Gasteiger partial charge < -0.3 is 19.5 Å². The lowest BCUT2D eigenvalue weighted by Gasteiger charge is -2.36. The van der Waals surface area contributed by atoms with Crippen LogP contribution in [0.3, 0.4) is 0 Å². The predicted octanol–water partition coefficient (Wildman–Crippen LogP) is 3.54. The second kappa shape index (κ2) is 9.20. The van der Waals surface area contributed by atoms with Gasteiger partial charge in [0.2, 0.25) is 5.91 Å². The summed E-state index contributed by atoms with van der Waals surface area (Å²) in [6.07, 6.45) is 5.95. The molecule has 7 heteroatoms. The molecule has 2 saturated carbocycles. The number of para-hydroxylation sites is 1. The average molecular weight is 405 g/mol. The van der Waals surface area contributed by atoms with Crippen LogP contribution in [0.5, 0.6) is 5.75 Å². The first-order chi connectivity index (χ1) is 13.7. The summed E-state index contributed by atoms with van der Waals surface area (Å²) in [5.41, 5.74) is 2.76. The van der Waals surface area contributed by atoms with Gasteiger partial charge in [-0.3, -0.25) is 4.79 Å². The third-order valence-electron chi connectivity index (χ3n) is 5.74. The van der Waals surface area contributed by atoms with E-state index in [1.807, 2.05) is 23.7 Å². The molecule has 4 rings (SSSR count). The minimum atomic E-state index is 0.0651. The van der Waals surface area contributed by atoms with E-state index in [0.717, 1.165) is 54.5 Å². The van der Waals surface area contributed by atoms with E-state index in [1.54, 1.807) is 18.4 Å². The number of fused-ring (bicyclic) bond motifs is 1. The molecule has 28 heavy (non-hydrogen) atoms. The largest absolute Gasteiger partial charge is 0.488 e. The monoisotopic (exact) mass is 404 g/mol. The van der Waals surface area contributed by atoms with Crippen molar-refractivity contribution < 1.29 is 19.0 Å². The van der Waals surface area contributed by atoms with Crippen LogP contribution < -0.4 is 10.1 Å². The molecular weight excluding hydrogens is 376 g/mol. The minimum Gasteiger partial charge on any atom is -0.488 e. The lowest BCUT2D eigenvalue weighted by molar-refractivity contribution is -0.131. The van der Waals surface area contributed by atoms with Crippen molar-refractivity contribution in [1.82, 2.24) is 10.3 Å². The summed E-state index contributed by atoms with van der Waals surface area (Å²) in [6, 6.07) is 6.28. The molecule has 0 atom stereocenters. The zero-order valence-corrected chi connectivity index (χ0v) is 17.1. The van der Waals surface area contributed by atoms with Gasteiger partial charge in [-0.05, 0) is 50.7 Å². The fourth-order valence-electron chi connectivity index (χ4n) is 4.00. The topological polar surface area (TPSA) is 69.7 Å². The third-order valence-corrected chi connectivity index (χ3v) is 6.54. The SMILES string of the molecule is COCCO[C@H]1CC[C@H](NC(=O)[C@H]2C[C@H](Oc3cccc4scnc34)C2)CC1. The Hall–Kier alpha value is -1.70. The van der Waals surface area contributed by atoms with Crippen LogP contribution in [0.4, 0.5) is 0 Å². The number of ether oxygens (including phenoxy) is 3. The molecule has 1 aromatic heterocycles. The van der Waals surface area contributed by atoms with Gasteiger partial charge in [0.25, 0.3) is 0 Å². The number of hydrogen-bond donors (Lipinski definition) is 1. The van der Waals surface area contributed by atoms with E-state index in [1.165, 1.54) is 0 Å². The molecule has 1 heterocycles. The number of thiazole rings is 1. The molecule has 1 N–H and O–H groups in total. The average Bonchev–Trinajstić information content (AvgIpc) is 3.15. The number of benzene rings is 1. The van der Waals surface area contributed by atoms with Gasteiger partial charge in [0, 0.05) is 19.1 Å². The fourth-order valence-corrected chi connectivity index (χ4v) is 4.70. The lowest BCUT2D eigenvalue weighted by Crippen LogP contribution is -2.47. The second-order valence-corrected chi connectivity index (χ2v) is 8.60. The number of methoxy groups -OCH3 is 1. The maximum atomic E-state index is 12.5. The molecule has 0 spiro atoms. The Kier molecular flexibility index (Phi) is 6.44. The zero-order valence-electron chi connectivity index (χ0n) is 16.3. The van der Waals surface area contributed by atoms with Crippen molar-refractivity contribution in [3.05, 3.63) is 23.7 Å². The predicted molar refractivity (Wildman–Crippen MR) is 109 cm³/mol. The number of carbonyl (C=O) groups is 1. The van der Waals surface area contributed by atoms with E-state index in [4.69, 9.17) is 14.2 Å². The van der Waals surface area contributed by atoms with E-state index in [9.17, 15) is 4.79 Å². The van der Waals surface area contributed by atoms with Gasteiger partial charge in [-0.15, -0.1) is 11.3 Å². The van der Waals surface area contributed by atoms with Crippen LogP contribution in [0.25, 0.3) is 10.2 Å². The van der Waals surface area contributed by atoms with E-state index in [2.05, 4.69) is 10.3 Å². The fraction of sp³-hybridized carbons (Fsp3) is 0.619. The number of rotatable bonds is 8. The first-order valence-electron chi connectivity index (χ1n) is 10.1. The molecule has 1 amide bonds. The Morgan fingerprint density at radius 1 is 1.18 bits per heavy atom. The van der Waals surface area contributed by atoms with Crippen molar-refractivity contribution in [2.75, 3.05) is 20.3 Å². The molecule has 0 radical (unpaired) electrons. The number of aromatic nitrogens is 1. The highest BCUT2D eigenvalue weighted by Crippen LogP contribution is 2.35. The zero-order chi connectivity index (χ0) is 19.3. The van der Waals surface area contributed by atoms with Gasteiger partial charge in [-0.25, -0.2) is 4.98 Å². The van der Waals surface area contributed by atoms with Gasteiger partial charge in [-0.1, -0.05) is 6.07 Å². The van der Waals surface area contributed by atoms with Gasteiger partial charge in [0.05, 0.1) is 29.5 Å². The number of carbonyl (C=O) groups excluding carboxylic acids is 1. The lowest BCUT2D eigenvalue weighted by atomic mass is 9.81. The molecule has 0 aliphatic heterocycles. The van der Waals surface area contributed by atoms with Gasteiger partial charge in [0.15, 0.2) is 0 Å². The summed E-state index contributed by atoms with van der Waals surface area (Å²) in [6.45, 7) is 1.29. The summed E-state index contributed by atoms with van der Waals surface area (Å²) in [7, 11) is 1.69. The molecule has 0 bridgehead atoms. The van der Waals surface area contributed by atoms with E-state index >= 15 is 0 Å². The Balaban J connectivity index is 1.17. The summed E-state index contributed by atoms with van der Waals surface area (Å²) < 4.78 is 18.0. The minimum absolute atomic E-state index is 0.0651. The number of amides is 1. The van der Waals surface area contributed by atoms with Gasteiger partial charge in [0.1, 0.15) is 17.4 Å². The Bertz CT molecular complexity index is 782. The summed E-state index contributed by atoms with van der Waals surface area (Å²) >= 11 is 1.61. The van der Waals surface area contributed by atoms with E-state index < -0.39 is 0 Å². The van der Waals surface area contributed by atoms with Crippen LogP contribution >= 0.6 is 11.3 Å². The van der Waals surface area contributed by atoms with Crippen molar-refractivity contribution in [1.29, 1.82) is 0 Å². The molecule has 0 saturated heterocycles. The van der Waals surface area contributed by atoms with Crippen LogP contribution in [0.15, 0.2) is 23.7 Å². The van der Waals surface area contributed by atoms with Crippen LogP contribution in [0.1, 0.15) is 38.5 Å². The van der Waals surface area contributed by atoms with Crippen LogP contribution in [0.2, 0.25) is 0 Å². The maximum Gasteiger partial charge on any atom is 0.223 e. The third kappa shape index (κ3) is 4.64. The summed E-state index contributed by atoms with van der Waals surface area (Å²) in [5.74, 6) is 1.07. The van der Waals surface area contributed by atoms with E-state index in [0.29, 0.717) is 19.3 Å². The van der Waals surface area contributed by atoms with Crippen molar-refractivity contribution in [3.8, 4) is 5.75 Å². The number of nitrogens with zero attached hydrogens (tertiary/aromatic N) is 1. The Morgan fingerprint density at radius 3 is 2.79 bits per heavy atom. The van der Waals surface area contributed by atoms with Crippen molar-refractivity contribution in [3.63, 3.8) is 0 Å². The highest BCUT2D eigenvalue weighted by molar-refractivity contribution is 7.16. The highest BCUT2D eigenvalue weighted by atomic mass is 32.1. The van der Waals surface area contributed by atoms with Gasteiger partial charge >= 0.3 is 0 Å². The van der Waals surface area contributed by atoms with Gasteiger partial charge in [-0.2, -0.15) is 0 Å². The summed E-state index contributed by atoms with van der Waals surface area (Å²) in [4.78, 5) is 16.9. The smallest absolute Gasteiger partial charge is 0.223 e. The molecule has 2 aliphatic carbocycles.